The Labute approximate surface area is 152 Å². The minimum Gasteiger partial charge on any atom is -0.349 e. The molecule has 0 spiro atoms. The van der Waals surface area contributed by atoms with E-state index >= 15 is 0 Å². The summed E-state index contributed by atoms with van der Waals surface area (Å²) in [4.78, 5) is 12.5. The molecule has 1 unspecified atom stereocenters. The summed E-state index contributed by atoms with van der Waals surface area (Å²) in [5, 5.41) is 11.5. The van der Waals surface area contributed by atoms with Gasteiger partial charge >= 0.3 is 0 Å². The molecule has 1 atom stereocenters. The molecule has 2 aliphatic rings. The van der Waals surface area contributed by atoms with Crippen molar-refractivity contribution in [1.82, 2.24) is 24.2 Å². The molecular weight excluding hydrogens is 354 g/mol. The number of nitrogens with zero attached hydrogens (tertiary/aromatic N) is 4. The lowest BCUT2D eigenvalue weighted by molar-refractivity contribution is 0.0937. The monoisotopic (exact) mass is 377 g/mol. The second-order valence-corrected chi connectivity index (χ2v) is 9.25. The van der Waals surface area contributed by atoms with Crippen LogP contribution >= 0.6 is 0 Å². The van der Waals surface area contributed by atoms with E-state index < -0.39 is 10.0 Å². The van der Waals surface area contributed by atoms with Gasteiger partial charge in [0.1, 0.15) is 5.82 Å². The smallest absolute Gasteiger partial charge is 0.252 e. The van der Waals surface area contributed by atoms with Crippen molar-refractivity contribution >= 4 is 21.6 Å². The zero-order valence-electron chi connectivity index (χ0n) is 14.8. The molecule has 2 aromatic rings. The van der Waals surface area contributed by atoms with Gasteiger partial charge < -0.3 is 5.32 Å². The Morgan fingerprint density at radius 2 is 1.96 bits per heavy atom. The normalized spacial score (nSPS) is 22.3. The number of carbonyl (C=O) groups is 1. The number of hydrogen-bond donors (Lipinski definition) is 1. The minimum atomic E-state index is -3.20. The number of aromatic nitrogens is 3. The number of carbonyl (C=O) groups excluding carboxylic acids is 1. The van der Waals surface area contributed by atoms with Crippen LogP contribution < -0.4 is 5.32 Å². The van der Waals surface area contributed by atoms with E-state index in [0.29, 0.717) is 36.5 Å². The first-order valence-electron chi connectivity index (χ1n) is 9.02. The maximum atomic E-state index is 12.5. The van der Waals surface area contributed by atoms with Crippen LogP contribution in [-0.4, -0.2) is 58.6 Å². The van der Waals surface area contributed by atoms with Gasteiger partial charge in [-0.2, -0.15) is 0 Å². The third-order valence-corrected chi connectivity index (χ3v) is 6.64. The molecule has 0 radical (unpaired) electrons. The zero-order valence-corrected chi connectivity index (χ0v) is 15.6. The van der Waals surface area contributed by atoms with Crippen LogP contribution in [0.25, 0.3) is 5.65 Å². The van der Waals surface area contributed by atoms with Crippen molar-refractivity contribution in [2.24, 2.45) is 0 Å². The van der Waals surface area contributed by atoms with Crippen molar-refractivity contribution in [2.45, 2.75) is 44.1 Å². The molecule has 4 rings (SSSR count). The predicted octanol–water partition coefficient (Wildman–Crippen LogP) is 1.15. The largest absolute Gasteiger partial charge is 0.349 e. The molecule has 1 aliphatic carbocycles. The lowest BCUT2D eigenvalue weighted by atomic mass is 10.1. The van der Waals surface area contributed by atoms with E-state index in [2.05, 4.69) is 15.5 Å². The molecule has 1 aliphatic heterocycles. The highest BCUT2D eigenvalue weighted by molar-refractivity contribution is 7.88. The van der Waals surface area contributed by atoms with Crippen molar-refractivity contribution < 1.29 is 13.2 Å². The zero-order chi connectivity index (χ0) is 18.3. The van der Waals surface area contributed by atoms with Gasteiger partial charge in [0.15, 0.2) is 5.65 Å². The van der Waals surface area contributed by atoms with Crippen LogP contribution in [-0.2, 0) is 10.0 Å². The fourth-order valence-corrected chi connectivity index (χ4v) is 4.79. The first-order valence-corrected chi connectivity index (χ1v) is 10.9. The fraction of sp³-hybridized carbons (Fsp3) is 0.588. The van der Waals surface area contributed by atoms with Crippen molar-refractivity contribution in [3.63, 3.8) is 0 Å². The van der Waals surface area contributed by atoms with Gasteiger partial charge in [0.2, 0.25) is 10.0 Å². The van der Waals surface area contributed by atoms with E-state index in [-0.39, 0.29) is 17.9 Å². The summed E-state index contributed by atoms with van der Waals surface area (Å²) in [6.07, 6.45) is 8.09. The van der Waals surface area contributed by atoms with Crippen LogP contribution in [0.15, 0.2) is 18.3 Å². The minimum absolute atomic E-state index is 0.0205. The van der Waals surface area contributed by atoms with Crippen molar-refractivity contribution in [3.8, 4) is 0 Å². The molecule has 8 nitrogen and oxygen atoms in total. The second-order valence-electron chi connectivity index (χ2n) is 7.27. The van der Waals surface area contributed by atoms with Crippen LogP contribution in [0.1, 0.15) is 54.2 Å². The van der Waals surface area contributed by atoms with Gasteiger partial charge in [0.05, 0.1) is 11.8 Å². The van der Waals surface area contributed by atoms with Gasteiger partial charge in [-0.1, -0.05) is 12.8 Å². The topological polar surface area (TPSA) is 96.7 Å². The van der Waals surface area contributed by atoms with Crippen molar-refractivity contribution in [2.75, 3.05) is 19.3 Å². The summed E-state index contributed by atoms with van der Waals surface area (Å²) >= 11 is 0. The molecule has 2 aromatic heterocycles. The molecule has 1 N–H and O–H groups in total. The van der Waals surface area contributed by atoms with Crippen LogP contribution in [0.5, 0.6) is 0 Å². The molecule has 0 aromatic carbocycles. The Morgan fingerprint density at radius 3 is 2.65 bits per heavy atom. The van der Waals surface area contributed by atoms with Gasteiger partial charge in [0, 0.05) is 31.2 Å². The molecule has 1 saturated carbocycles. The second kappa shape index (κ2) is 6.62. The first kappa shape index (κ1) is 17.4. The summed E-state index contributed by atoms with van der Waals surface area (Å²) in [7, 11) is -3.20. The Kier molecular flexibility index (Phi) is 4.44. The Balaban J connectivity index is 1.58. The Hall–Kier alpha value is -2.00. The maximum Gasteiger partial charge on any atom is 0.252 e. The van der Waals surface area contributed by atoms with E-state index in [1.807, 2.05) is 4.40 Å². The van der Waals surface area contributed by atoms with Crippen LogP contribution in [0.2, 0.25) is 0 Å². The SMILES string of the molecule is CS(=O)(=O)N1CCC(c2nnc3ccc(C(=O)NC4CCCC4)cn23)C1. The van der Waals surface area contributed by atoms with E-state index in [4.69, 9.17) is 0 Å². The number of pyridine rings is 1. The van der Waals surface area contributed by atoms with E-state index in [1.165, 1.54) is 10.6 Å². The fourth-order valence-electron chi connectivity index (χ4n) is 3.90. The number of nitrogens with one attached hydrogen (secondary N) is 1. The Bertz CT molecular complexity index is 933. The third kappa shape index (κ3) is 3.33. The lowest BCUT2D eigenvalue weighted by Crippen LogP contribution is -2.32. The van der Waals surface area contributed by atoms with Gasteiger partial charge in [-0.15, -0.1) is 10.2 Å². The molecule has 26 heavy (non-hydrogen) atoms. The summed E-state index contributed by atoms with van der Waals surface area (Å²) < 4.78 is 26.8. The molecule has 1 amide bonds. The Morgan fingerprint density at radius 1 is 1.19 bits per heavy atom. The standard InChI is InChI=1S/C17H23N5O3S/c1-26(24,25)21-9-8-12(10-21)16-20-19-15-7-6-13(11-22(15)16)17(23)18-14-4-2-3-5-14/h6-7,11-12,14H,2-5,8-10H2,1H3,(H,18,23). The van der Waals surface area contributed by atoms with Crippen molar-refractivity contribution in [3.05, 3.63) is 29.7 Å². The predicted molar refractivity (Wildman–Crippen MR) is 96.5 cm³/mol. The molecule has 9 heteroatoms. The highest BCUT2D eigenvalue weighted by atomic mass is 32.2. The van der Waals surface area contributed by atoms with Gasteiger partial charge in [-0.05, 0) is 31.4 Å². The third-order valence-electron chi connectivity index (χ3n) is 5.37. The first-order chi connectivity index (χ1) is 12.4. The highest BCUT2D eigenvalue weighted by Crippen LogP contribution is 2.28. The van der Waals surface area contributed by atoms with Gasteiger partial charge in [-0.25, -0.2) is 12.7 Å². The van der Waals surface area contributed by atoms with Crippen LogP contribution in [0.3, 0.4) is 0 Å². The van der Waals surface area contributed by atoms with Gasteiger partial charge in [-0.3, -0.25) is 9.20 Å². The summed E-state index contributed by atoms with van der Waals surface area (Å²) in [5.41, 5.74) is 1.23. The van der Waals surface area contributed by atoms with E-state index in [9.17, 15) is 13.2 Å². The average Bonchev–Trinajstić information content (AvgIpc) is 3.33. The number of hydrogen-bond acceptors (Lipinski definition) is 5. The summed E-state index contributed by atoms with van der Waals surface area (Å²) in [6.45, 7) is 0.887. The van der Waals surface area contributed by atoms with Crippen LogP contribution in [0.4, 0.5) is 0 Å². The number of rotatable bonds is 4. The molecule has 1 saturated heterocycles. The molecular formula is C17H23N5O3S. The molecule has 140 valence electrons. The quantitative estimate of drug-likeness (QED) is 0.862. The highest BCUT2D eigenvalue weighted by Gasteiger charge is 2.32. The lowest BCUT2D eigenvalue weighted by Gasteiger charge is -2.13. The average molecular weight is 377 g/mol. The van der Waals surface area contributed by atoms with Crippen molar-refractivity contribution in [1.29, 1.82) is 0 Å². The molecule has 3 heterocycles. The molecule has 0 bridgehead atoms. The number of fused-ring (bicyclic) bond motifs is 1. The summed E-state index contributed by atoms with van der Waals surface area (Å²) in [5.74, 6) is 0.608. The van der Waals surface area contributed by atoms with E-state index in [1.54, 1.807) is 18.3 Å². The molecule has 2 fully saturated rings. The van der Waals surface area contributed by atoms with Gasteiger partial charge in [0.25, 0.3) is 5.91 Å². The number of amides is 1. The van der Waals surface area contributed by atoms with Crippen LogP contribution in [0, 0.1) is 0 Å². The maximum absolute atomic E-state index is 12.5. The summed E-state index contributed by atoms with van der Waals surface area (Å²) in [6, 6.07) is 3.80. The number of sulfonamides is 1. The van der Waals surface area contributed by atoms with E-state index in [0.717, 1.165) is 25.7 Å².